The lowest BCUT2D eigenvalue weighted by Gasteiger charge is -2.30. The number of hydrogen-bond acceptors (Lipinski definition) is 5. The van der Waals surface area contributed by atoms with Crippen LogP contribution in [0.4, 0.5) is 5.69 Å². The van der Waals surface area contributed by atoms with Crippen molar-refractivity contribution < 1.29 is 14.6 Å². The molecule has 0 amide bonds. The van der Waals surface area contributed by atoms with E-state index in [1.165, 1.54) is 0 Å². The molecule has 1 aliphatic heterocycles. The first kappa shape index (κ1) is 17.1. The van der Waals surface area contributed by atoms with Gasteiger partial charge in [0.15, 0.2) is 0 Å². The van der Waals surface area contributed by atoms with Crippen molar-refractivity contribution in [1.82, 2.24) is 10.2 Å². The highest BCUT2D eigenvalue weighted by molar-refractivity contribution is 6.00. The van der Waals surface area contributed by atoms with Crippen LogP contribution in [0.1, 0.15) is 5.56 Å². The first-order chi connectivity index (χ1) is 12.2. The Bertz CT molecular complexity index is 738. The second-order valence-electron chi connectivity index (χ2n) is 5.76. The summed E-state index contributed by atoms with van der Waals surface area (Å²) in [6.07, 6.45) is 0. The number of nitrogens with zero attached hydrogens (tertiary/aromatic N) is 2. The third kappa shape index (κ3) is 4.03. The summed E-state index contributed by atoms with van der Waals surface area (Å²) in [7, 11) is 3.25. The number of methoxy groups -OCH3 is 2. The van der Waals surface area contributed by atoms with Gasteiger partial charge in [0.05, 0.1) is 14.2 Å². The molecule has 25 heavy (non-hydrogen) atoms. The smallest absolute Gasteiger partial charge is 0.141 e. The third-order valence-corrected chi connectivity index (χ3v) is 4.17. The van der Waals surface area contributed by atoms with E-state index < -0.39 is 0 Å². The van der Waals surface area contributed by atoms with Crippen molar-refractivity contribution in [1.29, 1.82) is 0 Å². The molecular weight excluding hydrogens is 318 g/mol. The van der Waals surface area contributed by atoms with Crippen LogP contribution in [-0.4, -0.2) is 56.2 Å². The van der Waals surface area contributed by atoms with Gasteiger partial charge in [-0.25, -0.2) is 4.99 Å². The van der Waals surface area contributed by atoms with Gasteiger partial charge in [-0.3, -0.25) is 0 Å². The van der Waals surface area contributed by atoms with E-state index in [0.29, 0.717) is 11.4 Å². The van der Waals surface area contributed by atoms with Gasteiger partial charge in [0, 0.05) is 37.8 Å². The van der Waals surface area contributed by atoms with Gasteiger partial charge in [-0.1, -0.05) is 0 Å². The molecule has 0 unspecified atom stereocenters. The summed E-state index contributed by atoms with van der Waals surface area (Å²) in [6, 6.07) is 12.8. The van der Waals surface area contributed by atoms with E-state index in [1.54, 1.807) is 32.4 Å². The molecule has 2 aromatic rings. The SMILES string of the molecule is COc1ccc(C(=Nc2cc(OC)ccc2O)N2CCNCC2)cc1. The number of aliphatic imine (C=N–C) groups is 1. The summed E-state index contributed by atoms with van der Waals surface area (Å²) in [5.74, 6) is 2.41. The zero-order valence-electron chi connectivity index (χ0n) is 14.5. The van der Waals surface area contributed by atoms with E-state index in [9.17, 15) is 5.11 Å². The Labute approximate surface area is 147 Å². The van der Waals surface area contributed by atoms with E-state index in [1.807, 2.05) is 24.3 Å². The molecule has 0 radical (unpaired) electrons. The molecule has 1 heterocycles. The Morgan fingerprint density at radius 1 is 1.00 bits per heavy atom. The van der Waals surface area contributed by atoms with Crippen molar-refractivity contribution in [3.05, 3.63) is 48.0 Å². The van der Waals surface area contributed by atoms with E-state index in [-0.39, 0.29) is 5.75 Å². The van der Waals surface area contributed by atoms with Crippen LogP contribution in [0.15, 0.2) is 47.5 Å². The van der Waals surface area contributed by atoms with Gasteiger partial charge in [-0.15, -0.1) is 0 Å². The molecule has 1 aliphatic rings. The quantitative estimate of drug-likeness (QED) is 0.660. The van der Waals surface area contributed by atoms with Crippen molar-refractivity contribution in [3.63, 3.8) is 0 Å². The highest BCUT2D eigenvalue weighted by Gasteiger charge is 2.17. The maximum atomic E-state index is 10.2. The van der Waals surface area contributed by atoms with Crippen LogP contribution >= 0.6 is 0 Å². The topological polar surface area (TPSA) is 66.3 Å². The molecule has 1 saturated heterocycles. The Kier molecular flexibility index (Phi) is 5.40. The van der Waals surface area contributed by atoms with E-state index in [0.717, 1.165) is 43.3 Å². The van der Waals surface area contributed by atoms with Crippen molar-refractivity contribution >= 4 is 11.5 Å². The van der Waals surface area contributed by atoms with E-state index in [2.05, 4.69) is 10.2 Å². The lowest BCUT2D eigenvalue weighted by molar-refractivity contribution is 0.358. The number of ether oxygens (including phenoxy) is 2. The average Bonchev–Trinajstić information content (AvgIpc) is 2.68. The van der Waals surface area contributed by atoms with Crippen LogP contribution in [-0.2, 0) is 0 Å². The summed E-state index contributed by atoms with van der Waals surface area (Å²) in [5.41, 5.74) is 1.47. The maximum absolute atomic E-state index is 10.2. The number of rotatable bonds is 4. The number of phenols is 1. The highest BCUT2D eigenvalue weighted by Crippen LogP contribution is 2.31. The number of nitrogens with one attached hydrogen (secondary N) is 1. The average molecular weight is 341 g/mol. The molecule has 0 spiro atoms. The van der Waals surface area contributed by atoms with Crippen molar-refractivity contribution in [3.8, 4) is 17.2 Å². The molecular formula is C19H23N3O3. The van der Waals surface area contributed by atoms with Gasteiger partial charge in [-0.05, 0) is 36.4 Å². The highest BCUT2D eigenvalue weighted by atomic mass is 16.5. The summed E-state index contributed by atoms with van der Waals surface area (Å²) >= 11 is 0. The minimum absolute atomic E-state index is 0.127. The van der Waals surface area contributed by atoms with Crippen molar-refractivity contribution in [2.24, 2.45) is 4.99 Å². The Morgan fingerprint density at radius 3 is 2.28 bits per heavy atom. The predicted octanol–water partition coefficient (Wildman–Crippen LogP) is 2.39. The summed E-state index contributed by atoms with van der Waals surface area (Å²) in [5, 5.41) is 13.5. The Morgan fingerprint density at radius 2 is 1.64 bits per heavy atom. The predicted molar refractivity (Wildman–Crippen MR) is 98.3 cm³/mol. The lowest BCUT2D eigenvalue weighted by atomic mass is 10.1. The minimum atomic E-state index is 0.127. The van der Waals surface area contributed by atoms with Gasteiger partial charge in [0.1, 0.15) is 28.8 Å². The third-order valence-electron chi connectivity index (χ3n) is 4.17. The van der Waals surface area contributed by atoms with Crippen LogP contribution in [0.3, 0.4) is 0 Å². The Hall–Kier alpha value is -2.73. The summed E-state index contributed by atoms with van der Waals surface area (Å²) < 4.78 is 10.5. The zero-order valence-corrected chi connectivity index (χ0v) is 14.5. The van der Waals surface area contributed by atoms with Gasteiger partial charge >= 0.3 is 0 Å². The van der Waals surface area contributed by atoms with Gasteiger partial charge in [-0.2, -0.15) is 0 Å². The fraction of sp³-hybridized carbons (Fsp3) is 0.316. The summed E-state index contributed by atoms with van der Waals surface area (Å²) in [6.45, 7) is 3.52. The first-order valence-corrected chi connectivity index (χ1v) is 8.27. The lowest BCUT2D eigenvalue weighted by Crippen LogP contribution is -2.46. The number of piperazine rings is 1. The van der Waals surface area contributed by atoms with Crippen molar-refractivity contribution in [2.45, 2.75) is 0 Å². The number of hydrogen-bond donors (Lipinski definition) is 2. The van der Waals surface area contributed by atoms with Crippen LogP contribution in [0.2, 0.25) is 0 Å². The van der Waals surface area contributed by atoms with Crippen LogP contribution in [0, 0.1) is 0 Å². The van der Waals surface area contributed by atoms with Crippen LogP contribution in [0.25, 0.3) is 0 Å². The van der Waals surface area contributed by atoms with Gasteiger partial charge in [0.25, 0.3) is 0 Å². The molecule has 6 heteroatoms. The van der Waals surface area contributed by atoms with Gasteiger partial charge < -0.3 is 24.8 Å². The minimum Gasteiger partial charge on any atom is -0.506 e. The molecule has 0 saturated carbocycles. The van der Waals surface area contributed by atoms with E-state index in [4.69, 9.17) is 14.5 Å². The standard InChI is InChI=1S/C19H23N3O3/c1-24-15-5-3-14(4-6-15)19(22-11-9-20-10-12-22)21-17-13-16(25-2)7-8-18(17)23/h3-8,13,20,23H,9-12H2,1-2H3. The molecule has 3 rings (SSSR count). The molecule has 6 nitrogen and oxygen atoms in total. The molecule has 0 atom stereocenters. The fourth-order valence-corrected chi connectivity index (χ4v) is 2.77. The summed E-state index contributed by atoms with van der Waals surface area (Å²) in [4.78, 5) is 6.98. The Balaban J connectivity index is 2.03. The van der Waals surface area contributed by atoms with Crippen LogP contribution in [0.5, 0.6) is 17.2 Å². The number of phenolic OH excluding ortho intramolecular Hbond substituents is 1. The zero-order chi connectivity index (χ0) is 17.6. The molecule has 0 aliphatic carbocycles. The largest absolute Gasteiger partial charge is 0.506 e. The number of amidine groups is 1. The molecule has 0 bridgehead atoms. The number of aromatic hydroxyl groups is 1. The molecule has 0 aromatic heterocycles. The second-order valence-corrected chi connectivity index (χ2v) is 5.76. The van der Waals surface area contributed by atoms with Gasteiger partial charge in [0.2, 0.25) is 0 Å². The fourth-order valence-electron chi connectivity index (χ4n) is 2.77. The van der Waals surface area contributed by atoms with Crippen molar-refractivity contribution in [2.75, 3.05) is 40.4 Å². The number of benzene rings is 2. The molecule has 1 fully saturated rings. The maximum Gasteiger partial charge on any atom is 0.141 e. The second kappa shape index (κ2) is 7.90. The monoisotopic (exact) mass is 341 g/mol. The first-order valence-electron chi connectivity index (χ1n) is 8.27. The molecule has 2 aromatic carbocycles. The van der Waals surface area contributed by atoms with E-state index >= 15 is 0 Å². The van der Waals surface area contributed by atoms with Crippen LogP contribution < -0.4 is 14.8 Å². The normalized spacial score (nSPS) is 15.1. The molecule has 2 N–H and O–H groups in total. The molecule has 132 valence electrons.